The van der Waals surface area contributed by atoms with Crippen LogP contribution in [0.5, 0.6) is 11.5 Å². The third kappa shape index (κ3) is 5.27. The molecule has 32 heavy (non-hydrogen) atoms. The van der Waals surface area contributed by atoms with Gasteiger partial charge in [-0.2, -0.15) is 0 Å². The van der Waals surface area contributed by atoms with Crippen LogP contribution in [0.1, 0.15) is 17.5 Å². The number of carbonyl (C=O) groups is 2. The van der Waals surface area contributed by atoms with Gasteiger partial charge in [-0.05, 0) is 47.5 Å². The van der Waals surface area contributed by atoms with Crippen LogP contribution < -0.4 is 19.7 Å². The maximum absolute atomic E-state index is 12.6. The van der Waals surface area contributed by atoms with Crippen molar-refractivity contribution in [2.45, 2.75) is 19.6 Å². The number of amides is 2. The average Bonchev–Trinajstić information content (AvgIpc) is 3.24. The fourth-order valence-corrected chi connectivity index (χ4v) is 3.67. The first-order chi connectivity index (χ1) is 15.6. The molecule has 0 saturated carbocycles. The molecule has 0 spiro atoms. The van der Waals surface area contributed by atoms with Crippen molar-refractivity contribution in [1.82, 2.24) is 5.32 Å². The van der Waals surface area contributed by atoms with E-state index >= 15 is 0 Å². The molecule has 3 aromatic carbocycles. The number of ether oxygens (including phenoxy) is 2. The Bertz CT molecular complexity index is 1050. The molecule has 0 radical (unpaired) electrons. The molecule has 3 aromatic rings. The lowest BCUT2D eigenvalue weighted by Gasteiger charge is -2.17. The molecule has 2 amide bonds. The Hall–Kier alpha value is -3.80. The van der Waals surface area contributed by atoms with Gasteiger partial charge < -0.3 is 19.7 Å². The van der Waals surface area contributed by atoms with E-state index in [9.17, 15) is 9.59 Å². The van der Waals surface area contributed by atoms with E-state index in [4.69, 9.17) is 9.47 Å². The molecular formula is C26H26N2O4. The summed E-state index contributed by atoms with van der Waals surface area (Å²) >= 11 is 0. The summed E-state index contributed by atoms with van der Waals surface area (Å²) < 4.78 is 11.0. The van der Waals surface area contributed by atoms with Crippen LogP contribution in [0, 0.1) is 5.92 Å². The Kier molecular flexibility index (Phi) is 6.70. The molecule has 4 rings (SSSR count). The van der Waals surface area contributed by atoms with Crippen molar-refractivity contribution >= 4 is 17.5 Å². The van der Waals surface area contributed by atoms with Gasteiger partial charge in [0.25, 0.3) is 0 Å². The summed E-state index contributed by atoms with van der Waals surface area (Å²) in [5.41, 5.74) is 2.84. The Balaban J connectivity index is 1.30. The predicted molar refractivity (Wildman–Crippen MR) is 123 cm³/mol. The van der Waals surface area contributed by atoms with E-state index in [1.54, 1.807) is 12.0 Å². The molecule has 1 aliphatic heterocycles. The van der Waals surface area contributed by atoms with Crippen molar-refractivity contribution in [1.29, 1.82) is 0 Å². The van der Waals surface area contributed by atoms with Gasteiger partial charge in [0.05, 0.1) is 13.0 Å². The van der Waals surface area contributed by atoms with E-state index in [1.165, 1.54) is 0 Å². The molecule has 0 bridgehead atoms. The maximum atomic E-state index is 12.6. The fourth-order valence-electron chi connectivity index (χ4n) is 3.67. The highest BCUT2D eigenvalue weighted by atomic mass is 16.5. The van der Waals surface area contributed by atoms with E-state index in [-0.39, 0.29) is 24.2 Å². The predicted octanol–water partition coefficient (Wildman–Crippen LogP) is 3.94. The molecule has 6 nitrogen and oxygen atoms in total. The zero-order valence-electron chi connectivity index (χ0n) is 18.0. The largest absolute Gasteiger partial charge is 0.497 e. The lowest BCUT2D eigenvalue weighted by Crippen LogP contribution is -2.32. The number of nitrogens with zero attached hydrogens (tertiary/aromatic N) is 1. The van der Waals surface area contributed by atoms with Crippen LogP contribution in [0.2, 0.25) is 0 Å². The second-order valence-corrected chi connectivity index (χ2v) is 7.74. The lowest BCUT2D eigenvalue weighted by molar-refractivity contribution is -0.126. The molecule has 1 saturated heterocycles. The van der Waals surface area contributed by atoms with Crippen molar-refractivity contribution in [3.05, 3.63) is 90.0 Å². The second-order valence-electron chi connectivity index (χ2n) is 7.74. The van der Waals surface area contributed by atoms with Gasteiger partial charge in [-0.3, -0.25) is 9.59 Å². The molecule has 1 unspecified atom stereocenters. The summed E-state index contributed by atoms with van der Waals surface area (Å²) in [6.45, 7) is 1.28. The number of methoxy groups -OCH3 is 1. The highest BCUT2D eigenvalue weighted by molar-refractivity contribution is 6.00. The summed E-state index contributed by atoms with van der Waals surface area (Å²) in [4.78, 5) is 26.8. The number of hydrogen-bond donors (Lipinski definition) is 1. The molecule has 164 valence electrons. The number of rotatable bonds is 8. The monoisotopic (exact) mass is 430 g/mol. The first-order valence-corrected chi connectivity index (χ1v) is 10.6. The minimum absolute atomic E-state index is 0.0486. The first-order valence-electron chi connectivity index (χ1n) is 10.6. The number of anilines is 1. The van der Waals surface area contributed by atoms with Gasteiger partial charge in [0.1, 0.15) is 18.1 Å². The van der Waals surface area contributed by atoms with Crippen molar-refractivity contribution in [3.8, 4) is 11.5 Å². The summed E-state index contributed by atoms with van der Waals surface area (Å²) in [6.07, 6.45) is 0.209. The number of carbonyl (C=O) groups excluding carboxylic acids is 2. The topological polar surface area (TPSA) is 67.9 Å². The minimum Gasteiger partial charge on any atom is -0.497 e. The molecule has 1 atom stereocenters. The van der Waals surface area contributed by atoms with Gasteiger partial charge >= 0.3 is 0 Å². The summed E-state index contributed by atoms with van der Waals surface area (Å²) in [5, 5.41) is 2.93. The van der Waals surface area contributed by atoms with E-state index in [0.717, 1.165) is 28.3 Å². The van der Waals surface area contributed by atoms with Crippen LogP contribution in [0.25, 0.3) is 0 Å². The molecule has 1 fully saturated rings. The van der Waals surface area contributed by atoms with Crippen molar-refractivity contribution < 1.29 is 19.1 Å². The Morgan fingerprint density at radius 1 is 0.938 bits per heavy atom. The van der Waals surface area contributed by atoms with E-state index in [2.05, 4.69) is 5.32 Å². The van der Waals surface area contributed by atoms with E-state index in [1.807, 2.05) is 78.9 Å². The lowest BCUT2D eigenvalue weighted by atomic mass is 10.1. The van der Waals surface area contributed by atoms with Gasteiger partial charge in [-0.25, -0.2) is 0 Å². The molecule has 1 N–H and O–H groups in total. The maximum Gasteiger partial charge on any atom is 0.227 e. The van der Waals surface area contributed by atoms with Crippen LogP contribution in [0.4, 0.5) is 5.69 Å². The van der Waals surface area contributed by atoms with E-state index in [0.29, 0.717) is 19.7 Å². The second kappa shape index (κ2) is 10.0. The van der Waals surface area contributed by atoms with Crippen molar-refractivity contribution in [2.75, 3.05) is 18.6 Å². The highest BCUT2D eigenvalue weighted by Crippen LogP contribution is 2.27. The SMILES string of the molecule is COc1ccc(CNC(=O)C2CC(=O)N(c3ccc(OCc4ccccc4)cc3)C2)cc1. The van der Waals surface area contributed by atoms with Crippen LogP contribution in [-0.2, 0) is 22.7 Å². The van der Waals surface area contributed by atoms with E-state index < -0.39 is 0 Å². The quantitative estimate of drug-likeness (QED) is 0.588. The number of hydrogen-bond acceptors (Lipinski definition) is 4. The molecule has 1 heterocycles. The summed E-state index contributed by atoms with van der Waals surface area (Å²) in [5.74, 6) is 0.980. The first kappa shape index (κ1) is 21.4. The molecule has 0 aromatic heterocycles. The standard InChI is InChI=1S/C26H26N2O4/c1-31-23-11-7-19(8-12-23)16-27-26(30)21-15-25(29)28(17-21)22-9-13-24(14-10-22)32-18-20-5-3-2-4-6-20/h2-14,21H,15-18H2,1H3,(H,27,30). The van der Waals surface area contributed by atoms with Gasteiger partial charge in [0.15, 0.2) is 0 Å². The molecular weight excluding hydrogens is 404 g/mol. The van der Waals surface area contributed by atoms with Gasteiger partial charge in [0, 0.05) is 25.2 Å². The minimum atomic E-state index is -0.366. The van der Waals surface area contributed by atoms with Crippen molar-refractivity contribution in [2.24, 2.45) is 5.92 Å². The van der Waals surface area contributed by atoms with Crippen molar-refractivity contribution in [3.63, 3.8) is 0 Å². The van der Waals surface area contributed by atoms with Crippen LogP contribution >= 0.6 is 0 Å². The molecule has 1 aliphatic rings. The summed E-state index contributed by atoms with van der Waals surface area (Å²) in [6, 6.07) is 24.9. The van der Waals surface area contributed by atoms with Gasteiger partial charge in [-0.15, -0.1) is 0 Å². The number of nitrogens with one attached hydrogen (secondary N) is 1. The number of benzene rings is 3. The Morgan fingerprint density at radius 2 is 1.62 bits per heavy atom. The zero-order chi connectivity index (χ0) is 22.3. The fraction of sp³-hybridized carbons (Fsp3) is 0.231. The van der Waals surface area contributed by atoms with Crippen LogP contribution in [0.15, 0.2) is 78.9 Å². The third-order valence-corrected chi connectivity index (χ3v) is 5.52. The van der Waals surface area contributed by atoms with Gasteiger partial charge in [0.2, 0.25) is 11.8 Å². The highest BCUT2D eigenvalue weighted by Gasteiger charge is 2.35. The normalized spacial score (nSPS) is 15.5. The van der Waals surface area contributed by atoms with Gasteiger partial charge in [-0.1, -0.05) is 42.5 Å². The summed E-state index contributed by atoms with van der Waals surface area (Å²) in [7, 11) is 1.62. The molecule has 0 aliphatic carbocycles. The third-order valence-electron chi connectivity index (χ3n) is 5.52. The van der Waals surface area contributed by atoms with Crippen LogP contribution in [-0.4, -0.2) is 25.5 Å². The molecule has 6 heteroatoms. The average molecular weight is 431 g/mol. The smallest absolute Gasteiger partial charge is 0.227 e. The zero-order valence-corrected chi connectivity index (χ0v) is 18.0. The van der Waals surface area contributed by atoms with Crippen LogP contribution in [0.3, 0.4) is 0 Å². The Labute approximate surface area is 187 Å². The Morgan fingerprint density at radius 3 is 2.31 bits per heavy atom.